The first-order valence-corrected chi connectivity index (χ1v) is 8.11. The first-order chi connectivity index (χ1) is 11.2. The largest absolute Gasteiger partial charge is 0.383 e. The molecule has 0 aromatic heterocycles. The van der Waals surface area contributed by atoms with Crippen LogP contribution in [0.4, 0.5) is 5.69 Å². The lowest BCUT2D eigenvalue weighted by Gasteiger charge is -2.20. The van der Waals surface area contributed by atoms with E-state index in [0.29, 0.717) is 25.2 Å². The van der Waals surface area contributed by atoms with Crippen molar-refractivity contribution in [3.8, 4) is 0 Å². The molecule has 0 radical (unpaired) electrons. The Morgan fingerprint density at radius 1 is 1.26 bits per heavy atom. The number of anilines is 1. The third-order valence-corrected chi connectivity index (χ3v) is 3.90. The molecule has 1 fully saturated rings. The molecule has 128 valence electrons. The molecule has 2 rings (SSSR count). The summed E-state index contributed by atoms with van der Waals surface area (Å²) in [7, 11) is 3.42. The van der Waals surface area contributed by atoms with Crippen LogP contribution in [-0.2, 0) is 16.1 Å². The van der Waals surface area contributed by atoms with Crippen LogP contribution in [0, 0.1) is 0 Å². The molecule has 6 nitrogen and oxygen atoms in total. The molecule has 0 aliphatic heterocycles. The van der Waals surface area contributed by atoms with Crippen molar-refractivity contribution in [1.29, 1.82) is 0 Å². The minimum atomic E-state index is 0.441. The van der Waals surface area contributed by atoms with E-state index < -0.39 is 0 Å². The van der Waals surface area contributed by atoms with Crippen molar-refractivity contribution in [2.75, 3.05) is 45.8 Å². The number of hydrogen-bond acceptors (Lipinski definition) is 4. The Kier molecular flexibility index (Phi) is 7.32. The van der Waals surface area contributed by atoms with Gasteiger partial charge in [-0.05, 0) is 18.9 Å². The number of nitrogens with one attached hydrogen (secondary N) is 1. The zero-order chi connectivity index (χ0) is 16.5. The van der Waals surface area contributed by atoms with Gasteiger partial charge in [-0.25, -0.2) is 0 Å². The number of hydrogen-bond donors (Lipinski definition) is 2. The number of nitrogens with zero attached hydrogens (tertiary/aromatic N) is 2. The van der Waals surface area contributed by atoms with Crippen molar-refractivity contribution in [2.45, 2.75) is 25.5 Å². The van der Waals surface area contributed by atoms with Gasteiger partial charge in [0.05, 0.1) is 19.8 Å². The molecule has 3 N–H and O–H groups in total. The maximum absolute atomic E-state index is 6.00. The molecule has 0 unspecified atom stereocenters. The first kappa shape index (κ1) is 17.7. The average molecular weight is 320 g/mol. The second-order valence-electron chi connectivity index (χ2n) is 5.74. The van der Waals surface area contributed by atoms with E-state index in [9.17, 15) is 0 Å². The highest BCUT2D eigenvalue weighted by Gasteiger charge is 2.27. The predicted octanol–water partition coefficient (Wildman–Crippen LogP) is 1.67. The smallest absolute Gasteiger partial charge is 0.193 e. The number of nitrogens with two attached hydrogens (primary N) is 1. The molecule has 1 aliphatic rings. The number of rotatable bonds is 10. The van der Waals surface area contributed by atoms with E-state index in [1.807, 2.05) is 24.3 Å². The Morgan fingerprint density at radius 3 is 2.74 bits per heavy atom. The molecule has 6 heteroatoms. The molecule has 1 aromatic carbocycles. The van der Waals surface area contributed by atoms with Crippen LogP contribution < -0.4 is 11.1 Å². The van der Waals surface area contributed by atoms with Crippen LogP contribution in [0.15, 0.2) is 29.3 Å². The SMILES string of the molecule is COCCN(CCN=C(N)Nc1ccccc1COC)C1CC1. The maximum atomic E-state index is 6.00. The summed E-state index contributed by atoms with van der Waals surface area (Å²) in [6.45, 7) is 3.86. The second-order valence-corrected chi connectivity index (χ2v) is 5.74. The van der Waals surface area contributed by atoms with Crippen LogP contribution in [-0.4, -0.2) is 57.4 Å². The van der Waals surface area contributed by atoms with Crippen LogP contribution >= 0.6 is 0 Å². The lowest BCUT2D eigenvalue weighted by molar-refractivity contribution is 0.145. The molecule has 0 atom stereocenters. The summed E-state index contributed by atoms with van der Waals surface area (Å²) in [5.41, 5.74) is 8.01. The fraction of sp³-hybridized carbons (Fsp3) is 0.588. The van der Waals surface area contributed by atoms with Crippen LogP contribution in [0.1, 0.15) is 18.4 Å². The molecular weight excluding hydrogens is 292 g/mol. The predicted molar refractivity (Wildman–Crippen MR) is 93.7 cm³/mol. The number of aliphatic imine (C=N–C) groups is 1. The summed E-state index contributed by atoms with van der Waals surface area (Å²) in [4.78, 5) is 6.87. The highest BCUT2D eigenvalue weighted by Crippen LogP contribution is 2.26. The molecule has 0 saturated heterocycles. The van der Waals surface area contributed by atoms with Crippen LogP contribution in [0.2, 0.25) is 0 Å². The van der Waals surface area contributed by atoms with Gasteiger partial charge in [0.15, 0.2) is 5.96 Å². The van der Waals surface area contributed by atoms with Crippen molar-refractivity contribution in [3.63, 3.8) is 0 Å². The monoisotopic (exact) mass is 320 g/mol. The first-order valence-electron chi connectivity index (χ1n) is 8.11. The lowest BCUT2D eigenvalue weighted by Crippen LogP contribution is -2.33. The Balaban J connectivity index is 1.82. The van der Waals surface area contributed by atoms with Gasteiger partial charge >= 0.3 is 0 Å². The highest BCUT2D eigenvalue weighted by molar-refractivity contribution is 5.92. The molecule has 1 aromatic rings. The van der Waals surface area contributed by atoms with Crippen LogP contribution in [0.5, 0.6) is 0 Å². The van der Waals surface area contributed by atoms with Gasteiger partial charge in [-0.15, -0.1) is 0 Å². The number of para-hydroxylation sites is 1. The normalized spacial score (nSPS) is 15.2. The van der Waals surface area contributed by atoms with Gasteiger partial charge < -0.3 is 20.5 Å². The number of methoxy groups -OCH3 is 2. The summed E-state index contributed by atoms with van der Waals surface area (Å²) in [5.74, 6) is 0.441. The minimum absolute atomic E-state index is 0.441. The van der Waals surface area contributed by atoms with E-state index in [4.69, 9.17) is 15.2 Å². The highest BCUT2D eigenvalue weighted by atomic mass is 16.5. The Labute approximate surface area is 138 Å². The third-order valence-electron chi connectivity index (χ3n) is 3.90. The fourth-order valence-electron chi connectivity index (χ4n) is 2.53. The van der Waals surface area contributed by atoms with Gasteiger partial charge in [0, 0.05) is 44.6 Å². The summed E-state index contributed by atoms with van der Waals surface area (Å²) in [5, 5.41) is 3.16. The standard InChI is InChI=1S/C17H28N4O2/c1-22-12-11-21(15-7-8-15)10-9-19-17(18)20-16-6-4-3-5-14(16)13-23-2/h3-6,15H,7-13H2,1-2H3,(H3,18,19,20). The molecule has 0 amide bonds. The van der Waals surface area contributed by atoms with E-state index >= 15 is 0 Å². The molecule has 0 heterocycles. The zero-order valence-corrected chi connectivity index (χ0v) is 14.1. The molecule has 0 bridgehead atoms. The van der Waals surface area contributed by atoms with Gasteiger partial charge in [0.1, 0.15) is 0 Å². The van der Waals surface area contributed by atoms with Crippen molar-refractivity contribution >= 4 is 11.6 Å². The van der Waals surface area contributed by atoms with Crippen LogP contribution in [0.25, 0.3) is 0 Å². The number of ether oxygens (including phenoxy) is 2. The fourth-order valence-corrected chi connectivity index (χ4v) is 2.53. The molecule has 23 heavy (non-hydrogen) atoms. The zero-order valence-electron chi connectivity index (χ0n) is 14.1. The van der Waals surface area contributed by atoms with Crippen molar-refractivity contribution in [1.82, 2.24) is 4.90 Å². The molecular formula is C17H28N4O2. The van der Waals surface area contributed by atoms with E-state index in [0.717, 1.165) is 30.9 Å². The quantitative estimate of drug-likeness (QED) is 0.507. The van der Waals surface area contributed by atoms with Crippen LogP contribution in [0.3, 0.4) is 0 Å². The van der Waals surface area contributed by atoms with E-state index in [-0.39, 0.29) is 0 Å². The van der Waals surface area contributed by atoms with Gasteiger partial charge in [-0.1, -0.05) is 18.2 Å². The van der Waals surface area contributed by atoms with E-state index in [2.05, 4.69) is 15.2 Å². The maximum Gasteiger partial charge on any atom is 0.193 e. The van der Waals surface area contributed by atoms with Crippen molar-refractivity contribution in [2.24, 2.45) is 10.7 Å². The van der Waals surface area contributed by atoms with E-state index in [1.165, 1.54) is 12.8 Å². The number of benzene rings is 1. The topological polar surface area (TPSA) is 72.1 Å². The molecule has 0 spiro atoms. The van der Waals surface area contributed by atoms with Gasteiger partial charge in [-0.2, -0.15) is 0 Å². The van der Waals surface area contributed by atoms with Crippen molar-refractivity contribution < 1.29 is 9.47 Å². The Hall–Kier alpha value is -1.63. The Morgan fingerprint density at radius 2 is 2.04 bits per heavy atom. The second kappa shape index (κ2) is 9.50. The summed E-state index contributed by atoms with van der Waals surface area (Å²) in [6, 6.07) is 8.65. The lowest BCUT2D eigenvalue weighted by atomic mass is 10.2. The van der Waals surface area contributed by atoms with Gasteiger partial charge in [-0.3, -0.25) is 9.89 Å². The van der Waals surface area contributed by atoms with E-state index in [1.54, 1.807) is 14.2 Å². The molecule has 1 saturated carbocycles. The summed E-state index contributed by atoms with van der Waals surface area (Å²) >= 11 is 0. The Bertz CT molecular complexity index is 503. The average Bonchev–Trinajstić information content (AvgIpc) is 3.37. The van der Waals surface area contributed by atoms with Gasteiger partial charge in [0.25, 0.3) is 0 Å². The van der Waals surface area contributed by atoms with Crippen molar-refractivity contribution in [3.05, 3.63) is 29.8 Å². The minimum Gasteiger partial charge on any atom is -0.383 e. The third kappa shape index (κ3) is 6.17. The number of guanidine groups is 1. The summed E-state index contributed by atoms with van der Waals surface area (Å²) in [6.07, 6.45) is 2.57. The summed E-state index contributed by atoms with van der Waals surface area (Å²) < 4.78 is 10.4. The molecule has 1 aliphatic carbocycles. The van der Waals surface area contributed by atoms with Gasteiger partial charge in [0.2, 0.25) is 0 Å².